The zero-order valence-corrected chi connectivity index (χ0v) is 20.3. The number of anilines is 3. The Morgan fingerprint density at radius 3 is 2.06 bits per heavy atom. The number of carboxylic acid groups (broad SMARTS) is 1. The Morgan fingerprint density at radius 2 is 1.56 bits per heavy atom. The van der Waals surface area contributed by atoms with Gasteiger partial charge >= 0.3 is 5.97 Å². The predicted octanol–water partition coefficient (Wildman–Crippen LogP) is 6.38. The Bertz CT molecular complexity index is 1120. The van der Waals surface area contributed by atoms with Crippen LogP contribution in [0, 0.1) is 23.2 Å². The van der Waals surface area contributed by atoms with E-state index in [4.69, 9.17) is 11.6 Å². The van der Waals surface area contributed by atoms with Gasteiger partial charge in [-0.25, -0.2) is 0 Å². The highest BCUT2D eigenvalue weighted by Crippen LogP contribution is 2.61. The lowest BCUT2D eigenvalue weighted by Crippen LogP contribution is -2.48. The molecule has 0 heterocycles. The number of hydrogen-bond donors (Lipinski definition) is 2. The first kappa shape index (κ1) is 22.0. The molecule has 178 valence electrons. The first-order valence-electron chi connectivity index (χ1n) is 12.5. The molecule has 0 radical (unpaired) electrons. The summed E-state index contributed by atoms with van der Waals surface area (Å²) in [5.74, 6) is 1.31. The molecule has 1 amide bonds. The molecule has 5 aliphatic carbocycles. The number of nitrogens with one attached hydrogen (secondary N) is 1. The zero-order valence-electron chi connectivity index (χ0n) is 19.5. The fraction of sp³-hybridized carbons (Fsp3) is 0.500. The van der Waals surface area contributed by atoms with Crippen LogP contribution in [-0.2, 0) is 15.0 Å². The summed E-state index contributed by atoms with van der Waals surface area (Å²) < 4.78 is 0. The molecule has 5 saturated carbocycles. The Hall–Kier alpha value is -2.53. The number of amides is 1. The van der Waals surface area contributed by atoms with Crippen LogP contribution < -0.4 is 10.2 Å². The van der Waals surface area contributed by atoms with E-state index in [9.17, 15) is 14.7 Å². The van der Waals surface area contributed by atoms with E-state index in [2.05, 4.69) is 23.5 Å². The Labute approximate surface area is 205 Å². The van der Waals surface area contributed by atoms with Crippen LogP contribution in [0.2, 0.25) is 5.02 Å². The number of rotatable bonds is 6. The lowest BCUT2D eigenvalue weighted by Gasteiger charge is -2.57. The van der Waals surface area contributed by atoms with Crippen LogP contribution in [0.5, 0.6) is 0 Å². The van der Waals surface area contributed by atoms with E-state index >= 15 is 0 Å². The maximum absolute atomic E-state index is 12.7. The third-order valence-electron chi connectivity index (χ3n) is 9.03. The lowest BCUT2D eigenvalue weighted by molar-refractivity contribution is -0.148. The van der Waals surface area contributed by atoms with Gasteiger partial charge in [-0.3, -0.25) is 9.59 Å². The van der Waals surface area contributed by atoms with Gasteiger partial charge in [0, 0.05) is 18.4 Å². The zero-order chi connectivity index (χ0) is 23.7. The fourth-order valence-corrected chi connectivity index (χ4v) is 7.64. The third kappa shape index (κ3) is 3.51. The standard InChI is InChI=1S/C28H31ClN2O3/c1-31(25(32)28(8-9-28)26(33)34)22-5-3-21(4-6-22)30-24-7-2-20(13-23(24)29)27-14-17-10-18(15-27)12-19(11-17)16-27/h2-7,13,17-19,30H,8-12,14-16H2,1H3,(H,33,34). The van der Waals surface area contributed by atoms with E-state index in [0.29, 0.717) is 23.9 Å². The Kier molecular flexibility index (Phi) is 5.00. The van der Waals surface area contributed by atoms with E-state index in [0.717, 1.165) is 34.2 Å². The van der Waals surface area contributed by atoms with Gasteiger partial charge < -0.3 is 15.3 Å². The van der Waals surface area contributed by atoms with Gasteiger partial charge in [0.25, 0.3) is 0 Å². The van der Waals surface area contributed by atoms with Gasteiger partial charge in [-0.05, 0) is 116 Å². The number of benzene rings is 2. The molecule has 5 aliphatic rings. The van der Waals surface area contributed by atoms with Crippen LogP contribution >= 0.6 is 11.6 Å². The SMILES string of the molecule is CN(C(=O)C1(C(=O)O)CC1)c1ccc(Nc2ccc(C34CC5CC(CC(C5)C3)C4)cc2Cl)cc1. The summed E-state index contributed by atoms with van der Waals surface area (Å²) in [5.41, 5.74) is 2.90. The fourth-order valence-electron chi connectivity index (χ4n) is 7.42. The van der Waals surface area contributed by atoms with E-state index < -0.39 is 11.4 Å². The van der Waals surface area contributed by atoms with Gasteiger partial charge in [0.15, 0.2) is 0 Å². The van der Waals surface area contributed by atoms with Crippen molar-refractivity contribution in [3.63, 3.8) is 0 Å². The van der Waals surface area contributed by atoms with Gasteiger partial charge in [-0.2, -0.15) is 0 Å². The largest absolute Gasteiger partial charge is 0.480 e. The van der Waals surface area contributed by atoms with Gasteiger partial charge in [-0.1, -0.05) is 17.7 Å². The van der Waals surface area contributed by atoms with Crippen LogP contribution in [0.1, 0.15) is 56.9 Å². The second kappa shape index (κ2) is 7.74. The van der Waals surface area contributed by atoms with E-state index in [1.54, 1.807) is 7.05 Å². The summed E-state index contributed by atoms with van der Waals surface area (Å²) in [4.78, 5) is 25.6. The normalized spacial score (nSPS) is 30.1. The second-order valence-electron chi connectivity index (χ2n) is 11.3. The highest BCUT2D eigenvalue weighted by atomic mass is 35.5. The van der Waals surface area contributed by atoms with E-state index in [1.165, 1.54) is 49.0 Å². The molecule has 0 spiro atoms. The number of aliphatic carboxylic acids is 1. The molecule has 0 unspecified atom stereocenters. The summed E-state index contributed by atoms with van der Waals surface area (Å²) in [7, 11) is 1.63. The monoisotopic (exact) mass is 478 g/mol. The molecule has 2 N–H and O–H groups in total. The van der Waals surface area contributed by atoms with Crippen molar-refractivity contribution in [3.8, 4) is 0 Å². The molecule has 6 heteroatoms. The Balaban J connectivity index is 1.16. The van der Waals surface area contributed by atoms with Crippen molar-refractivity contribution in [2.75, 3.05) is 17.3 Å². The third-order valence-corrected chi connectivity index (χ3v) is 9.34. The second-order valence-corrected chi connectivity index (χ2v) is 11.7. The van der Waals surface area contributed by atoms with Crippen LogP contribution in [0.4, 0.5) is 17.1 Å². The van der Waals surface area contributed by atoms with Crippen molar-refractivity contribution >= 4 is 40.5 Å². The van der Waals surface area contributed by atoms with Crippen molar-refractivity contribution in [3.05, 3.63) is 53.1 Å². The van der Waals surface area contributed by atoms with E-state index in [1.807, 2.05) is 24.3 Å². The molecule has 5 fully saturated rings. The minimum Gasteiger partial charge on any atom is -0.480 e. The average Bonchev–Trinajstić information content (AvgIpc) is 3.61. The van der Waals surface area contributed by atoms with Crippen LogP contribution in [-0.4, -0.2) is 24.0 Å². The number of halogens is 1. The van der Waals surface area contributed by atoms with Crippen LogP contribution in [0.15, 0.2) is 42.5 Å². The maximum Gasteiger partial charge on any atom is 0.319 e. The molecule has 0 atom stereocenters. The van der Waals surface area contributed by atoms with Crippen molar-refractivity contribution in [2.24, 2.45) is 23.2 Å². The minimum absolute atomic E-state index is 0.324. The average molecular weight is 479 g/mol. The number of nitrogens with zero attached hydrogens (tertiary/aromatic N) is 1. The van der Waals surface area contributed by atoms with Crippen molar-refractivity contribution in [1.29, 1.82) is 0 Å². The molecule has 2 aromatic carbocycles. The highest BCUT2D eigenvalue weighted by Gasteiger charge is 2.58. The molecule has 4 bridgehead atoms. The van der Waals surface area contributed by atoms with E-state index in [-0.39, 0.29) is 5.91 Å². The molecule has 2 aromatic rings. The molecular formula is C28H31ClN2O3. The maximum atomic E-state index is 12.7. The number of carboxylic acids is 1. The minimum atomic E-state index is -1.24. The van der Waals surface area contributed by atoms with Crippen molar-refractivity contribution in [2.45, 2.75) is 56.8 Å². The lowest BCUT2D eigenvalue weighted by atomic mass is 9.48. The van der Waals surface area contributed by atoms with Crippen molar-refractivity contribution in [1.82, 2.24) is 0 Å². The molecule has 34 heavy (non-hydrogen) atoms. The number of carbonyl (C=O) groups excluding carboxylic acids is 1. The smallest absolute Gasteiger partial charge is 0.319 e. The summed E-state index contributed by atoms with van der Waals surface area (Å²) in [6.45, 7) is 0. The summed E-state index contributed by atoms with van der Waals surface area (Å²) in [5, 5.41) is 13.5. The number of hydrogen-bond acceptors (Lipinski definition) is 3. The van der Waals surface area contributed by atoms with Crippen LogP contribution in [0.25, 0.3) is 0 Å². The van der Waals surface area contributed by atoms with Crippen molar-refractivity contribution < 1.29 is 14.7 Å². The summed E-state index contributed by atoms with van der Waals surface area (Å²) in [6, 6.07) is 14.0. The highest BCUT2D eigenvalue weighted by molar-refractivity contribution is 6.33. The molecule has 5 nitrogen and oxygen atoms in total. The Morgan fingerprint density at radius 1 is 0.971 bits per heavy atom. The predicted molar refractivity (Wildman–Crippen MR) is 134 cm³/mol. The summed E-state index contributed by atoms with van der Waals surface area (Å²) >= 11 is 6.76. The van der Waals surface area contributed by atoms with Crippen LogP contribution in [0.3, 0.4) is 0 Å². The topological polar surface area (TPSA) is 69.6 Å². The molecule has 0 aliphatic heterocycles. The molecule has 0 aromatic heterocycles. The number of carbonyl (C=O) groups is 2. The molecular weight excluding hydrogens is 448 g/mol. The molecule has 0 saturated heterocycles. The van der Waals surface area contributed by atoms with Gasteiger partial charge in [0.05, 0.1) is 10.7 Å². The first-order chi connectivity index (χ1) is 16.3. The van der Waals surface area contributed by atoms with Gasteiger partial charge in [0.1, 0.15) is 5.41 Å². The van der Waals surface area contributed by atoms with Gasteiger partial charge in [-0.15, -0.1) is 0 Å². The summed E-state index contributed by atoms with van der Waals surface area (Å²) in [6.07, 6.45) is 9.06. The molecule has 7 rings (SSSR count). The van der Waals surface area contributed by atoms with Gasteiger partial charge in [0.2, 0.25) is 5.91 Å². The first-order valence-corrected chi connectivity index (χ1v) is 12.8. The quantitative estimate of drug-likeness (QED) is 0.472.